The number of ether oxygens (including phenoxy) is 3. The van der Waals surface area contributed by atoms with Crippen LogP contribution in [-0.4, -0.2) is 36.6 Å². The summed E-state index contributed by atoms with van der Waals surface area (Å²) >= 11 is 0. The van der Waals surface area contributed by atoms with Gasteiger partial charge in [-0.05, 0) is 12.0 Å². The van der Waals surface area contributed by atoms with Gasteiger partial charge in [-0.15, -0.1) is 0 Å². The summed E-state index contributed by atoms with van der Waals surface area (Å²) in [7, 11) is 1.53. The summed E-state index contributed by atoms with van der Waals surface area (Å²) in [6.07, 6.45) is 0.892. The van der Waals surface area contributed by atoms with E-state index in [0.29, 0.717) is 13.0 Å². The molecular weight excluding hydrogens is 274 g/mol. The van der Waals surface area contributed by atoms with Crippen molar-refractivity contribution in [3.63, 3.8) is 0 Å². The third kappa shape index (κ3) is 3.07. The van der Waals surface area contributed by atoms with Gasteiger partial charge in [-0.3, -0.25) is 10.1 Å². The summed E-state index contributed by atoms with van der Waals surface area (Å²) in [5.41, 5.74) is 0.725. The number of fused-ring (bicyclic) bond motifs is 1. The van der Waals surface area contributed by atoms with Crippen LogP contribution in [0, 0.1) is 16.0 Å². The van der Waals surface area contributed by atoms with Crippen LogP contribution in [-0.2, 0) is 20.8 Å². The largest absolute Gasteiger partial charge is 0.367 e. The maximum atomic E-state index is 10.8. The Bertz CT molecular complexity index is 508. The molecule has 3 rings (SSSR count). The highest BCUT2D eigenvalue weighted by Gasteiger charge is 2.63. The zero-order valence-electron chi connectivity index (χ0n) is 11.9. The lowest BCUT2D eigenvalue weighted by molar-refractivity contribution is -0.496. The lowest BCUT2D eigenvalue weighted by atomic mass is 9.97. The molecule has 1 aliphatic carbocycles. The summed E-state index contributed by atoms with van der Waals surface area (Å²) in [6, 6.07) is 9.90. The number of methoxy groups -OCH3 is 1. The summed E-state index contributed by atoms with van der Waals surface area (Å²) in [4.78, 5) is 10.5. The fraction of sp³-hybridized carbons (Fsp3) is 0.600. The minimum atomic E-state index is -0.503. The van der Waals surface area contributed by atoms with Gasteiger partial charge in [0, 0.05) is 18.5 Å². The van der Waals surface area contributed by atoms with Gasteiger partial charge in [0.2, 0.25) is 6.54 Å². The van der Waals surface area contributed by atoms with Crippen LogP contribution in [0.2, 0.25) is 0 Å². The van der Waals surface area contributed by atoms with E-state index in [2.05, 4.69) is 0 Å². The first-order valence-electron chi connectivity index (χ1n) is 7.11. The van der Waals surface area contributed by atoms with Crippen molar-refractivity contribution in [2.24, 2.45) is 5.92 Å². The summed E-state index contributed by atoms with van der Waals surface area (Å²) < 4.78 is 17.0. The third-order valence-corrected chi connectivity index (χ3v) is 4.23. The molecule has 0 amide bonds. The van der Waals surface area contributed by atoms with Crippen molar-refractivity contribution in [3.05, 3.63) is 46.0 Å². The van der Waals surface area contributed by atoms with Crippen LogP contribution in [0.5, 0.6) is 0 Å². The first-order valence-corrected chi connectivity index (χ1v) is 7.11. The quantitative estimate of drug-likeness (QED) is 0.592. The Morgan fingerprint density at radius 3 is 2.81 bits per heavy atom. The third-order valence-electron chi connectivity index (χ3n) is 4.23. The lowest BCUT2D eigenvalue weighted by Gasteiger charge is -2.33. The number of benzene rings is 1. The van der Waals surface area contributed by atoms with E-state index in [1.54, 1.807) is 0 Å². The van der Waals surface area contributed by atoms with Crippen LogP contribution in [0.1, 0.15) is 18.4 Å². The molecule has 0 bridgehead atoms. The molecule has 21 heavy (non-hydrogen) atoms. The maximum Gasteiger partial charge on any atom is 0.211 e. The normalized spacial score (nSPS) is 34.2. The molecule has 1 heterocycles. The van der Waals surface area contributed by atoms with E-state index in [4.69, 9.17) is 14.2 Å². The van der Waals surface area contributed by atoms with Crippen LogP contribution in [0.3, 0.4) is 0 Å². The van der Waals surface area contributed by atoms with Crippen LogP contribution >= 0.6 is 0 Å². The Morgan fingerprint density at radius 1 is 1.38 bits per heavy atom. The molecule has 6 nitrogen and oxygen atoms in total. The number of rotatable bonds is 6. The molecule has 2 fully saturated rings. The van der Waals surface area contributed by atoms with E-state index in [-0.39, 0.29) is 29.1 Å². The second-order valence-electron chi connectivity index (χ2n) is 5.75. The highest BCUT2D eigenvalue weighted by atomic mass is 16.7. The molecule has 114 valence electrons. The number of nitrogens with zero attached hydrogens (tertiary/aromatic N) is 1. The van der Waals surface area contributed by atoms with Gasteiger partial charge in [0.05, 0.1) is 24.2 Å². The highest BCUT2D eigenvalue weighted by molar-refractivity contribution is 5.16. The number of hydrogen-bond acceptors (Lipinski definition) is 5. The SMILES string of the molecule is COC1OC2CC2(OCc2ccccc2)CC1C[N+](=O)[O-]. The smallest absolute Gasteiger partial charge is 0.211 e. The predicted molar refractivity (Wildman–Crippen MR) is 74.2 cm³/mol. The van der Waals surface area contributed by atoms with Gasteiger partial charge < -0.3 is 14.2 Å². The van der Waals surface area contributed by atoms with Gasteiger partial charge in [-0.2, -0.15) is 0 Å². The van der Waals surface area contributed by atoms with Crippen molar-refractivity contribution in [1.82, 2.24) is 0 Å². The predicted octanol–water partition coefficient (Wildman–Crippen LogP) is 2.00. The van der Waals surface area contributed by atoms with Gasteiger partial charge >= 0.3 is 0 Å². The van der Waals surface area contributed by atoms with E-state index < -0.39 is 6.29 Å². The number of hydrogen-bond donors (Lipinski definition) is 0. The monoisotopic (exact) mass is 293 g/mol. The van der Waals surface area contributed by atoms with Gasteiger partial charge in [0.15, 0.2) is 6.29 Å². The minimum Gasteiger partial charge on any atom is -0.367 e. The van der Waals surface area contributed by atoms with E-state index in [1.807, 2.05) is 30.3 Å². The van der Waals surface area contributed by atoms with Crippen LogP contribution in [0.4, 0.5) is 0 Å². The zero-order valence-corrected chi connectivity index (χ0v) is 11.9. The molecule has 0 aromatic heterocycles. The molecule has 4 unspecified atom stereocenters. The van der Waals surface area contributed by atoms with Gasteiger partial charge in [0.25, 0.3) is 0 Å². The second-order valence-corrected chi connectivity index (χ2v) is 5.75. The Balaban J connectivity index is 1.62. The summed E-state index contributed by atoms with van der Waals surface area (Å²) in [5, 5.41) is 10.8. The first-order chi connectivity index (χ1) is 10.1. The fourth-order valence-corrected chi connectivity index (χ4v) is 3.06. The van der Waals surface area contributed by atoms with Crippen molar-refractivity contribution >= 4 is 0 Å². The van der Waals surface area contributed by atoms with Gasteiger partial charge in [-0.25, -0.2) is 0 Å². The Hall–Kier alpha value is -1.50. The van der Waals surface area contributed by atoms with Gasteiger partial charge in [-0.1, -0.05) is 30.3 Å². The molecule has 2 aliphatic rings. The van der Waals surface area contributed by atoms with Crippen molar-refractivity contribution < 1.29 is 19.1 Å². The Labute approximate surface area is 123 Å². The molecule has 1 aromatic carbocycles. The fourth-order valence-electron chi connectivity index (χ4n) is 3.06. The summed E-state index contributed by atoms with van der Waals surface area (Å²) in [5.74, 6) is -0.264. The molecule has 0 radical (unpaired) electrons. The van der Waals surface area contributed by atoms with E-state index in [1.165, 1.54) is 7.11 Å². The van der Waals surface area contributed by atoms with Crippen molar-refractivity contribution in [2.75, 3.05) is 13.7 Å². The maximum absolute atomic E-state index is 10.8. The Morgan fingerprint density at radius 2 is 2.14 bits per heavy atom. The number of nitro groups is 1. The van der Waals surface area contributed by atoms with E-state index in [9.17, 15) is 10.1 Å². The molecule has 0 spiro atoms. The van der Waals surface area contributed by atoms with Gasteiger partial charge in [0.1, 0.15) is 0 Å². The molecule has 1 aliphatic heterocycles. The molecule has 1 saturated heterocycles. The summed E-state index contributed by atoms with van der Waals surface area (Å²) in [6.45, 7) is 0.352. The van der Waals surface area contributed by atoms with Crippen molar-refractivity contribution in [2.45, 2.75) is 37.4 Å². The molecule has 4 atom stereocenters. The molecule has 6 heteroatoms. The highest BCUT2D eigenvalue weighted by Crippen LogP contribution is 2.53. The second kappa shape index (κ2) is 5.71. The zero-order chi connectivity index (χ0) is 14.9. The van der Waals surface area contributed by atoms with E-state index >= 15 is 0 Å². The van der Waals surface area contributed by atoms with Crippen molar-refractivity contribution in [1.29, 1.82) is 0 Å². The average molecular weight is 293 g/mol. The van der Waals surface area contributed by atoms with Crippen LogP contribution < -0.4 is 0 Å². The molecule has 1 saturated carbocycles. The molecule has 1 aromatic rings. The molecular formula is C15H19NO5. The standard InChI is InChI=1S/C15H19NO5/c1-19-14-12(9-16(17)18)7-15(8-13(15)21-14)20-10-11-5-3-2-4-6-11/h2-6,12-14H,7-10H2,1H3. The van der Waals surface area contributed by atoms with Crippen LogP contribution in [0.15, 0.2) is 30.3 Å². The topological polar surface area (TPSA) is 70.8 Å². The average Bonchev–Trinajstić information content (AvgIpc) is 3.18. The first kappa shape index (κ1) is 14.4. The minimum absolute atomic E-state index is 0.00540. The lowest BCUT2D eigenvalue weighted by Crippen LogP contribution is -2.42. The van der Waals surface area contributed by atoms with Crippen LogP contribution in [0.25, 0.3) is 0 Å². The molecule has 0 N–H and O–H groups in total. The van der Waals surface area contributed by atoms with E-state index in [0.717, 1.165) is 12.0 Å². The van der Waals surface area contributed by atoms with Crippen molar-refractivity contribution in [3.8, 4) is 0 Å². The Kier molecular flexibility index (Phi) is 3.93.